The minimum absolute atomic E-state index is 0.0729. The Morgan fingerprint density at radius 2 is 2.38 bits per heavy atom. The standard InChI is InChI=1S/C7H5BrN2O3/c8-6(4-11)7-3-5(10(12)13)1-2-9-7/h1-4,6H. The van der Waals surface area contributed by atoms with E-state index in [1.807, 2.05) is 0 Å². The molecule has 0 N–H and O–H groups in total. The van der Waals surface area contributed by atoms with Crippen LogP contribution in [0.15, 0.2) is 18.3 Å². The lowest BCUT2D eigenvalue weighted by Crippen LogP contribution is -1.96. The molecule has 5 nitrogen and oxygen atoms in total. The summed E-state index contributed by atoms with van der Waals surface area (Å²) in [5.41, 5.74) is 0.264. The average molecular weight is 245 g/mol. The zero-order valence-electron chi connectivity index (χ0n) is 6.38. The highest BCUT2D eigenvalue weighted by Gasteiger charge is 2.12. The van der Waals surface area contributed by atoms with E-state index in [9.17, 15) is 14.9 Å². The third-order valence-electron chi connectivity index (χ3n) is 1.38. The predicted molar refractivity (Wildman–Crippen MR) is 48.6 cm³/mol. The lowest BCUT2D eigenvalue weighted by Gasteiger charge is -1.99. The Kier molecular flexibility index (Phi) is 3.07. The fourth-order valence-electron chi connectivity index (χ4n) is 0.771. The molecule has 0 saturated heterocycles. The van der Waals surface area contributed by atoms with Gasteiger partial charge in [-0.2, -0.15) is 0 Å². The number of halogens is 1. The van der Waals surface area contributed by atoms with Gasteiger partial charge >= 0.3 is 0 Å². The van der Waals surface area contributed by atoms with Crippen LogP contribution in [-0.4, -0.2) is 16.2 Å². The highest BCUT2D eigenvalue weighted by molar-refractivity contribution is 9.09. The van der Waals surface area contributed by atoms with Crippen LogP contribution in [0.2, 0.25) is 0 Å². The maximum Gasteiger partial charge on any atom is 0.272 e. The molecule has 0 saturated carbocycles. The van der Waals surface area contributed by atoms with E-state index in [0.29, 0.717) is 12.0 Å². The van der Waals surface area contributed by atoms with Crippen molar-refractivity contribution in [3.63, 3.8) is 0 Å². The highest BCUT2D eigenvalue weighted by Crippen LogP contribution is 2.21. The van der Waals surface area contributed by atoms with E-state index in [1.54, 1.807) is 0 Å². The molecule has 6 heteroatoms. The maximum atomic E-state index is 10.3. The molecular formula is C7H5BrN2O3. The molecule has 1 rings (SSSR count). The van der Waals surface area contributed by atoms with Gasteiger partial charge in [-0.3, -0.25) is 15.1 Å². The summed E-state index contributed by atoms with van der Waals surface area (Å²) in [6.07, 6.45) is 1.91. The first-order chi connectivity index (χ1) is 6.15. The van der Waals surface area contributed by atoms with E-state index in [4.69, 9.17) is 0 Å². The average Bonchev–Trinajstić information content (AvgIpc) is 2.17. The number of hydrogen-bond donors (Lipinski definition) is 0. The van der Waals surface area contributed by atoms with E-state index < -0.39 is 9.75 Å². The van der Waals surface area contributed by atoms with Gasteiger partial charge in [-0.05, 0) is 0 Å². The number of rotatable bonds is 3. The first-order valence-electron chi connectivity index (χ1n) is 3.35. The Labute approximate surface area is 82.1 Å². The van der Waals surface area contributed by atoms with Crippen molar-refractivity contribution in [3.05, 3.63) is 34.1 Å². The predicted octanol–water partition coefficient (Wildman–Crippen LogP) is 1.62. The molecule has 1 atom stereocenters. The van der Waals surface area contributed by atoms with Gasteiger partial charge in [0.15, 0.2) is 0 Å². The SMILES string of the molecule is O=CC(Br)c1cc([N+](=O)[O-])ccn1. The van der Waals surface area contributed by atoms with Gasteiger partial charge in [0.2, 0.25) is 0 Å². The number of aromatic nitrogens is 1. The fraction of sp³-hybridized carbons (Fsp3) is 0.143. The summed E-state index contributed by atoms with van der Waals surface area (Å²) in [6.45, 7) is 0. The molecular weight excluding hydrogens is 240 g/mol. The Balaban J connectivity index is 3.04. The van der Waals surface area contributed by atoms with Crippen LogP contribution in [0.5, 0.6) is 0 Å². The van der Waals surface area contributed by atoms with Crippen LogP contribution >= 0.6 is 15.9 Å². The molecule has 1 unspecified atom stereocenters. The maximum absolute atomic E-state index is 10.3. The van der Waals surface area contributed by atoms with Crippen molar-refractivity contribution in [2.24, 2.45) is 0 Å². The Morgan fingerprint density at radius 1 is 1.69 bits per heavy atom. The van der Waals surface area contributed by atoms with Crippen molar-refractivity contribution >= 4 is 27.9 Å². The van der Waals surface area contributed by atoms with Crippen LogP contribution < -0.4 is 0 Å². The Hall–Kier alpha value is -1.30. The molecule has 1 aromatic heterocycles. The molecule has 0 aliphatic heterocycles. The Bertz CT molecular complexity index is 342. The molecule has 0 aliphatic carbocycles. The van der Waals surface area contributed by atoms with Crippen molar-refractivity contribution in [3.8, 4) is 0 Å². The zero-order chi connectivity index (χ0) is 9.84. The van der Waals surface area contributed by atoms with Gasteiger partial charge in [-0.1, -0.05) is 15.9 Å². The molecule has 0 fully saturated rings. The van der Waals surface area contributed by atoms with Gasteiger partial charge in [0.1, 0.15) is 11.1 Å². The molecule has 1 heterocycles. The summed E-state index contributed by atoms with van der Waals surface area (Å²) in [5, 5.41) is 10.3. The number of nitrogens with zero attached hydrogens (tertiary/aromatic N) is 2. The number of carbonyl (C=O) groups is 1. The van der Waals surface area contributed by atoms with Crippen LogP contribution in [0, 0.1) is 10.1 Å². The van der Waals surface area contributed by atoms with Gasteiger partial charge in [0.25, 0.3) is 5.69 Å². The zero-order valence-corrected chi connectivity index (χ0v) is 7.97. The van der Waals surface area contributed by atoms with E-state index in [-0.39, 0.29) is 5.69 Å². The van der Waals surface area contributed by atoms with Crippen LogP contribution in [0.4, 0.5) is 5.69 Å². The molecule has 0 spiro atoms. The van der Waals surface area contributed by atoms with Gasteiger partial charge in [-0.25, -0.2) is 0 Å². The lowest BCUT2D eigenvalue weighted by atomic mass is 10.2. The second kappa shape index (κ2) is 4.08. The summed E-state index contributed by atoms with van der Waals surface area (Å²) >= 11 is 3.02. The third kappa shape index (κ3) is 2.32. The summed E-state index contributed by atoms with van der Waals surface area (Å²) in [4.78, 5) is 23.4. The van der Waals surface area contributed by atoms with E-state index in [1.165, 1.54) is 18.3 Å². The van der Waals surface area contributed by atoms with E-state index >= 15 is 0 Å². The van der Waals surface area contributed by atoms with Crippen molar-refractivity contribution in [1.82, 2.24) is 4.98 Å². The molecule has 0 bridgehead atoms. The lowest BCUT2D eigenvalue weighted by molar-refractivity contribution is -0.385. The molecule has 68 valence electrons. The number of nitro groups is 1. The smallest absolute Gasteiger partial charge is 0.272 e. The molecule has 0 amide bonds. The van der Waals surface area contributed by atoms with Crippen LogP contribution in [-0.2, 0) is 4.79 Å². The largest absolute Gasteiger partial charge is 0.302 e. The van der Waals surface area contributed by atoms with Gasteiger partial charge in [-0.15, -0.1) is 0 Å². The number of aldehydes is 1. The fourth-order valence-corrected chi connectivity index (χ4v) is 1.02. The highest BCUT2D eigenvalue weighted by atomic mass is 79.9. The summed E-state index contributed by atoms with van der Waals surface area (Å²) < 4.78 is 0. The molecule has 0 radical (unpaired) electrons. The first kappa shape index (κ1) is 9.79. The molecule has 13 heavy (non-hydrogen) atoms. The van der Waals surface area contributed by atoms with Gasteiger partial charge < -0.3 is 4.79 Å². The summed E-state index contributed by atoms with van der Waals surface area (Å²) in [6, 6.07) is 2.53. The van der Waals surface area contributed by atoms with Crippen molar-refractivity contribution < 1.29 is 9.72 Å². The van der Waals surface area contributed by atoms with E-state index in [0.717, 1.165) is 0 Å². The van der Waals surface area contributed by atoms with Crippen LogP contribution in [0.25, 0.3) is 0 Å². The van der Waals surface area contributed by atoms with E-state index in [2.05, 4.69) is 20.9 Å². The van der Waals surface area contributed by atoms with Crippen molar-refractivity contribution in [2.75, 3.05) is 0 Å². The number of pyridine rings is 1. The van der Waals surface area contributed by atoms with Crippen LogP contribution in [0.3, 0.4) is 0 Å². The minimum Gasteiger partial charge on any atom is -0.302 e. The second-order valence-corrected chi connectivity index (χ2v) is 3.22. The quantitative estimate of drug-likeness (QED) is 0.351. The van der Waals surface area contributed by atoms with Crippen LogP contribution in [0.1, 0.15) is 10.5 Å². The van der Waals surface area contributed by atoms with Crippen molar-refractivity contribution in [2.45, 2.75) is 4.83 Å². The molecule has 1 aromatic rings. The van der Waals surface area contributed by atoms with Gasteiger partial charge in [0.05, 0.1) is 10.6 Å². The topological polar surface area (TPSA) is 73.1 Å². The monoisotopic (exact) mass is 244 g/mol. The summed E-state index contributed by atoms with van der Waals surface area (Å²) in [7, 11) is 0. The minimum atomic E-state index is -0.590. The third-order valence-corrected chi connectivity index (χ3v) is 2.06. The second-order valence-electron chi connectivity index (χ2n) is 2.23. The van der Waals surface area contributed by atoms with Crippen molar-refractivity contribution in [1.29, 1.82) is 0 Å². The first-order valence-corrected chi connectivity index (χ1v) is 4.26. The number of carbonyl (C=O) groups excluding carboxylic acids is 1. The Morgan fingerprint density at radius 3 is 2.92 bits per heavy atom. The molecule has 0 aromatic carbocycles. The normalized spacial score (nSPS) is 12.1. The molecule has 0 aliphatic rings. The summed E-state index contributed by atoms with van der Waals surface area (Å²) in [5.74, 6) is 0. The number of hydrogen-bond acceptors (Lipinski definition) is 4. The van der Waals surface area contributed by atoms with Gasteiger partial charge in [0, 0.05) is 18.3 Å². The number of alkyl halides is 1.